The van der Waals surface area contributed by atoms with E-state index in [2.05, 4.69) is 9.37 Å². The zero-order valence-electron chi connectivity index (χ0n) is 15.7. The number of sulfone groups is 1. The van der Waals surface area contributed by atoms with Crippen molar-refractivity contribution >= 4 is 21.9 Å². The summed E-state index contributed by atoms with van der Waals surface area (Å²) in [6.45, 7) is -0.325. The quantitative estimate of drug-likeness (QED) is 0.197. The predicted octanol–water partition coefficient (Wildman–Crippen LogP) is 4.43. The van der Waals surface area contributed by atoms with Gasteiger partial charge in [-0.05, 0) is 56.3 Å². The highest BCUT2D eigenvalue weighted by atomic mass is 32.2. The highest BCUT2D eigenvalue weighted by Crippen LogP contribution is 2.57. The molecule has 5 rings (SSSR count). The smallest absolute Gasteiger partial charge is 0.186 e. The molecule has 4 aliphatic carbocycles. The highest BCUT2D eigenvalue weighted by molar-refractivity contribution is 7.94. The van der Waals surface area contributed by atoms with E-state index in [1.54, 1.807) is 0 Å². The molecule has 0 heterocycles. The van der Waals surface area contributed by atoms with Crippen molar-refractivity contribution in [3.63, 3.8) is 0 Å². The molecule has 1 N–H and O–H groups in total. The zero-order chi connectivity index (χ0) is 21.7. The molecule has 6 nitrogen and oxygen atoms in total. The van der Waals surface area contributed by atoms with Crippen LogP contribution in [0, 0.1) is 41.0 Å². The number of hydrogen-bond donors (Lipinski definition) is 1. The highest BCUT2D eigenvalue weighted by Gasteiger charge is 2.51. The van der Waals surface area contributed by atoms with Crippen molar-refractivity contribution in [2.75, 3.05) is 12.4 Å². The van der Waals surface area contributed by atoms with Crippen LogP contribution >= 0.6 is 12.0 Å². The van der Waals surface area contributed by atoms with Crippen LogP contribution < -0.4 is 0 Å². The summed E-state index contributed by atoms with van der Waals surface area (Å²) in [5.74, 6) is -7.25. The van der Waals surface area contributed by atoms with Crippen molar-refractivity contribution in [3.05, 3.63) is 23.3 Å². The minimum absolute atomic E-state index is 0.325. The summed E-state index contributed by atoms with van der Waals surface area (Å²) in [5.41, 5.74) is -0.417. The summed E-state index contributed by atoms with van der Waals surface area (Å²) in [6.07, 6.45) is 5.99. The second-order valence-electron chi connectivity index (χ2n) is 8.41. The van der Waals surface area contributed by atoms with Gasteiger partial charge in [-0.1, -0.05) is 5.04 Å². The normalized spacial score (nSPS) is 30.2. The SMILES string of the molecule is O=S(=O)(CCOC12CC3CC(CC(C3)C1)C2)c1c(F)c(F)c(SOOO)c(F)c1F. The van der Waals surface area contributed by atoms with Crippen LogP contribution in [0.4, 0.5) is 17.6 Å². The maximum atomic E-state index is 14.3. The topological polar surface area (TPSA) is 82.1 Å². The molecule has 0 spiro atoms. The molecule has 4 fully saturated rings. The summed E-state index contributed by atoms with van der Waals surface area (Å²) < 4.78 is 91.4. The average molecular weight is 472 g/mol. The molecule has 0 atom stereocenters. The van der Waals surface area contributed by atoms with Gasteiger partial charge in [-0.25, -0.2) is 31.2 Å². The van der Waals surface area contributed by atoms with Gasteiger partial charge in [0.15, 0.2) is 33.1 Å². The molecule has 0 aromatic heterocycles. The van der Waals surface area contributed by atoms with Crippen molar-refractivity contribution in [2.24, 2.45) is 17.8 Å². The number of rotatable bonds is 8. The Bertz CT molecular complexity index is 875. The second kappa shape index (κ2) is 8.21. The van der Waals surface area contributed by atoms with Gasteiger partial charge in [-0.15, -0.1) is 4.33 Å². The predicted molar refractivity (Wildman–Crippen MR) is 95.8 cm³/mol. The molecule has 0 unspecified atom stereocenters. The molecule has 0 aliphatic heterocycles. The standard InChI is InChI=1S/C18H20F4O6S2/c19-12-14(21)17(15(22)13(20)16(12)29-28-27-23)30(24,25)2-1-26-18-6-9-3-10(7-18)5-11(4-9)8-18/h9-11,23H,1-8H2. The van der Waals surface area contributed by atoms with Gasteiger partial charge in [0, 0.05) is 0 Å². The Morgan fingerprint density at radius 1 is 0.933 bits per heavy atom. The van der Waals surface area contributed by atoms with Crippen LogP contribution in [0.1, 0.15) is 38.5 Å². The minimum atomic E-state index is -4.72. The Morgan fingerprint density at radius 2 is 1.43 bits per heavy atom. The van der Waals surface area contributed by atoms with Crippen LogP contribution in [-0.4, -0.2) is 31.6 Å². The van der Waals surface area contributed by atoms with E-state index in [9.17, 15) is 26.0 Å². The van der Waals surface area contributed by atoms with Gasteiger partial charge in [0.05, 0.1) is 30.0 Å². The molecule has 0 radical (unpaired) electrons. The first kappa shape index (κ1) is 22.3. The van der Waals surface area contributed by atoms with Crippen LogP contribution in [0.2, 0.25) is 0 Å². The lowest BCUT2D eigenvalue weighted by molar-refractivity contribution is -0.432. The lowest BCUT2D eigenvalue weighted by Crippen LogP contribution is -2.52. The molecule has 0 amide bonds. The van der Waals surface area contributed by atoms with Gasteiger partial charge in [0.25, 0.3) is 0 Å². The zero-order valence-corrected chi connectivity index (χ0v) is 17.3. The molecule has 1 aromatic carbocycles. The Morgan fingerprint density at radius 3 is 1.90 bits per heavy atom. The van der Waals surface area contributed by atoms with Crippen molar-refractivity contribution in [3.8, 4) is 0 Å². The lowest BCUT2D eigenvalue weighted by atomic mass is 9.54. The summed E-state index contributed by atoms with van der Waals surface area (Å²) in [7, 11) is -4.72. The maximum absolute atomic E-state index is 14.3. The molecule has 12 heteroatoms. The number of halogens is 4. The molecule has 0 saturated heterocycles. The van der Waals surface area contributed by atoms with E-state index in [1.807, 2.05) is 0 Å². The van der Waals surface area contributed by atoms with Gasteiger partial charge >= 0.3 is 0 Å². The van der Waals surface area contributed by atoms with Gasteiger partial charge in [0.1, 0.15) is 9.79 Å². The Hall–Kier alpha value is -0.920. The first-order chi connectivity index (χ1) is 14.2. The lowest BCUT2D eigenvalue weighted by Gasteiger charge is -2.56. The summed E-state index contributed by atoms with van der Waals surface area (Å²) >= 11 is -0.350. The van der Waals surface area contributed by atoms with Crippen LogP contribution in [0.25, 0.3) is 0 Å². The average Bonchev–Trinajstić information content (AvgIpc) is 2.65. The third-order valence-electron chi connectivity index (χ3n) is 6.38. The molecular weight excluding hydrogens is 452 g/mol. The molecule has 4 saturated carbocycles. The van der Waals surface area contributed by atoms with E-state index in [4.69, 9.17) is 9.99 Å². The van der Waals surface area contributed by atoms with Crippen molar-refractivity contribution < 1.29 is 45.3 Å². The summed E-state index contributed by atoms with van der Waals surface area (Å²) in [6, 6.07) is 0. The van der Waals surface area contributed by atoms with Crippen molar-refractivity contribution in [1.82, 2.24) is 0 Å². The maximum Gasteiger partial charge on any atom is 0.186 e. The van der Waals surface area contributed by atoms with E-state index < -0.39 is 54.3 Å². The summed E-state index contributed by atoms with van der Waals surface area (Å²) in [5, 5.41) is 11.2. The van der Waals surface area contributed by atoms with Crippen molar-refractivity contribution in [1.29, 1.82) is 0 Å². The molecule has 4 bridgehead atoms. The largest absolute Gasteiger partial charge is 0.374 e. The van der Waals surface area contributed by atoms with Crippen LogP contribution in [0.15, 0.2) is 9.79 Å². The van der Waals surface area contributed by atoms with E-state index in [-0.39, 0.29) is 18.6 Å². The monoisotopic (exact) mass is 472 g/mol. The fourth-order valence-electron chi connectivity index (χ4n) is 5.66. The fourth-order valence-corrected chi connectivity index (χ4v) is 7.32. The number of ether oxygens (including phenoxy) is 1. The number of hydrogen-bond acceptors (Lipinski definition) is 7. The van der Waals surface area contributed by atoms with Gasteiger partial charge < -0.3 is 4.74 Å². The van der Waals surface area contributed by atoms with Gasteiger partial charge in [-0.2, -0.15) is 0 Å². The van der Waals surface area contributed by atoms with E-state index in [1.165, 1.54) is 0 Å². The number of benzene rings is 1. The molecular formula is C18H20F4O6S2. The first-order valence-corrected chi connectivity index (χ1v) is 11.9. The second-order valence-corrected chi connectivity index (χ2v) is 11.2. The minimum Gasteiger partial charge on any atom is -0.374 e. The molecule has 4 aliphatic rings. The van der Waals surface area contributed by atoms with Gasteiger partial charge in [0.2, 0.25) is 0 Å². The molecule has 1 aromatic rings. The molecule has 30 heavy (non-hydrogen) atoms. The van der Waals surface area contributed by atoms with Crippen LogP contribution in [0.5, 0.6) is 0 Å². The van der Waals surface area contributed by atoms with E-state index >= 15 is 0 Å². The van der Waals surface area contributed by atoms with Crippen LogP contribution in [-0.2, 0) is 23.9 Å². The fraction of sp³-hybridized carbons (Fsp3) is 0.667. The Kier molecular flexibility index (Phi) is 6.10. The third kappa shape index (κ3) is 3.97. The Balaban J connectivity index is 1.50. The molecule has 168 valence electrons. The van der Waals surface area contributed by atoms with Crippen LogP contribution in [0.3, 0.4) is 0 Å². The van der Waals surface area contributed by atoms with Crippen molar-refractivity contribution in [2.45, 2.75) is 53.9 Å². The van der Waals surface area contributed by atoms with E-state index in [0.29, 0.717) is 17.8 Å². The van der Waals surface area contributed by atoms with Gasteiger partial charge in [-0.3, -0.25) is 0 Å². The Labute approximate surface area is 174 Å². The first-order valence-electron chi connectivity index (χ1n) is 9.53. The third-order valence-corrected chi connectivity index (χ3v) is 8.72. The summed E-state index contributed by atoms with van der Waals surface area (Å²) in [4.78, 5) is -3.02. The van der Waals surface area contributed by atoms with E-state index in [0.717, 1.165) is 38.5 Å².